The molecule has 4 nitrogen and oxygen atoms in total. The Morgan fingerprint density at radius 2 is 2.29 bits per heavy atom. The van der Waals surface area contributed by atoms with Crippen molar-refractivity contribution in [2.24, 2.45) is 11.7 Å². The Morgan fingerprint density at radius 1 is 1.59 bits per heavy atom. The summed E-state index contributed by atoms with van der Waals surface area (Å²) >= 11 is 3.30. The lowest BCUT2D eigenvalue weighted by atomic mass is 10.0. The largest absolute Gasteiger partial charge is 0.347 e. The first-order chi connectivity index (χ1) is 8.04. The molecule has 5 heteroatoms. The van der Waals surface area contributed by atoms with Crippen LogP contribution in [0.1, 0.15) is 30.8 Å². The van der Waals surface area contributed by atoms with Gasteiger partial charge in [0.1, 0.15) is 5.69 Å². The first kappa shape index (κ1) is 14.1. The molecule has 0 aromatic carbocycles. The number of pyridine rings is 1. The van der Waals surface area contributed by atoms with Crippen molar-refractivity contribution in [3.05, 3.63) is 28.5 Å². The summed E-state index contributed by atoms with van der Waals surface area (Å²) in [6, 6.07) is 3.56. The maximum atomic E-state index is 12.0. The Kier molecular flexibility index (Phi) is 5.58. The predicted octanol–water partition coefficient (Wildman–Crippen LogP) is 1.95. The standard InChI is InChI=1S/C12H18BrN3O/c1-8(2)6-9(7-14)16-12(17)11-10(13)4-3-5-15-11/h3-5,8-9H,6-7,14H2,1-2H3,(H,16,17). The van der Waals surface area contributed by atoms with Crippen LogP contribution < -0.4 is 11.1 Å². The number of nitrogens with two attached hydrogens (primary N) is 1. The molecule has 1 unspecified atom stereocenters. The number of carbonyl (C=O) groups excluding carboxylic acids is 1. The second-order valence-electron chi connectivity index (χ2n) is 4.37. The van der Waals surface area contributed by atoms with Crippen LogP contribution in [0.5, 0.6) is 0 Å². The fraction of sp³-hybridized carbons (Fsp3) is 0.500. The van der Waals surface area contributed by atoms with Gasteiger partial charge in [-0.3, -0.25) is 4.79 Å². The van der Waals surface area contributed by atoms with Crippen LogP contribution in [0.2, 0.25) is 0 Å². The molecule has 1 atom stereocenters. The molecule has 1 aromatic heterocycles. The molecule has 3 N–H and O–H groups in total. The smallest absolute Gasteiger partial charge is 0.271 e. The van der Waals surface area contributed by atoms with Gasteiger partial charge in [0.15, 0.2) is 0 Å². The Balaban J connectivity index is 2.68. The molecule has 1 rings (SSSR count). The number of carbonyl (C=O) groups is 1. The Labute approximate surface area is 110 Å². The number of halogens is 1. The van der Waals surface area contributed by atoms with E-state index in [2.05, 4.69) is 40.1 Å². The number of aromatic nitrogens is 1. The van der Waals surface area contributed by atoms with Gasteiger partial charge in [-0.15, -0.1) is 0 Å². The normalized spacial score (nSPS) is 12.5. The van der Waals surface area contributed by atoms with E-state index >= 15 is 0 Å². The van der Waals surface area contributed by atoms with Gasteiger partial charge in [-0.2, -0.15) is 0 Å². The minimum absolute atomic E-state index is 0.00333. The van der Waals surface area contributed by atoms with Gasteiger partial charge in [0.2, 0.25) is 0 Å². The molecule has 17 heavy (non-hydrogen) atoms. The third kappa shape index (κ3) is 4.44. The zero-order valence-corrected chi connectivity index (χ0v) is 11.7. The summed E-state index contributed by atoms with van der Waals surface area (Å²) in [7, 11) is 0. The first-order valence-corrected chi connectivity index (χ1v) is 6.45. The van der Waals surface area contributed by atoms with Crippen LogP contribution >= 0.6 is 15.9 Å². The van der Waals surface area contributed by atoms with E-state index in [1.54, 1.807) is 18.3 Å². The molecule has 1 heterocycles. The average molecular weight is 300 g/mol. The number of rotatable bonds is 5. The summed E-state index contributed by atoms with van der Waals surface area (Å²) in [5, 5.41) is 2.90. The van der Waals surface area contributed by atoms with E-state index in [-0.39, 0.29) is 11.9 Å². The van der Waals surface area contributed by atoms with Gasteiger partial charge in [0.25, 0.3) is 5.91 Å². The van der Waals surface area contributed by atoms with Gasteiger partial charge in [-0.1, -0.05) is 13.8 Å². The van der Waals surface area contributed by atoms with Crippen molar-refractivity contribution in [2.75, 3.05) is 6.54 Å². The topological polar surface area (TPSA) is 68.0 Å². The van der Waals surface area contributed by atoms with Gasteiger partial charge < -0.3 is 11.1 Å². The molecular weight excluding hydrogens is 282 g/mol. The van der Waals surface area contributed by atoms with Gasteiger partial charge in [0.05, 0.1) is 0 Å². The molecule has 0 fully saturated rings. The fourth-order valence-electron chi connectivity index (χ4n) is 1.59. The molecule has 0 bridgehead atoms. The van der Waals surface area contributed by atoms with Crippen molar-refractivity contribution in [1.29, 1.82) is 0 Å². The van der Waals surface area contributed by atoms with E-state index < -0.39 is 0 Å². The van der Waals surface area contributed by atoms with Gasteiger partial charge in [-0.25, -0.2) is 4.98 Å². The van der Waals surface area contributed by atoms with Crippen LogP contribution in [0.25, 0.3) is 0 Å². The number of hydrogen-bond acceptors (Lipinski definition) is 3. The molecule has 1 amide bonds. The SMILES string of the molecule is CC(C)CC(CN)NC(=O)c1ncccc1Br. The minimum Gasteiger partial charge on any atom is -0.347 e. The molecule has 94 valence electrons. The van der Waals surface area contributed by atoms with E-state index in [1.807, 2.05) is 0 Å². The molecule has 1 aromatic rings. The maximum Gasteiger partial charge on any atom is 0.271 e. The Hall–Kier alpha value is -0.940. The van der Waals surface area contributed by atoms with Crippen molar-refractivity contribution < 1.29 is 4.79 Å². The van der Waals surface area contributed by atoms with Crippen molar-refractivity contribution in [2.45, 2.75) is 26.3 Å². The predicted molar refractivity (Wildman–Crippen MR) is 71.7 cm³/mol. The highest BCUT2D eigenvalue weighted by atomic mass is 79.9. The molecule has 0 spiro atoms. The molecule has 0 aliphatic heterocycles. The monoisotopic (exact) mass is 299 g/mol. The van der Waals surface area contributed by atoms with Crippen LogP contribution in [0.15, 0.2) is 22.8 Å². The fourth-order valence-corrected chi connectivity index (χ4v) is 2.02. The van der Waals surface area contributed by atoms with E-state index in [4.69, 9.17) is 5.73 Å². The van der Waals surface area contributed by atoms with Crippen molar-refractivity contribution in [3.63, 3.8) is 0 Å². The lowest BCUT2D eigenvalue weighted by Gasteiger charge is -2.18. The summed E-state index contributed by atoms with van der Waals surface area (Å²) in [6.45, 7) is 4.64. The van der Waals surface area contributed by atoms with E-state index in [0.29, 0.717) is 22.6 Å². The summed E-state index contributed by atoms with van der Waals surface area (Å²) < 4.78 is 0.692. The van der Waals surface area contributed by atoms with Gasteiger partial charge in [0, 0.05) is 23.3 Å². The van der Waals surface area contributed by atoms with Crippen molar-refractivity contribution >= 4 is 21.8 Å². The highest BCUT2D eigenvalue weighted by Gasteiger charge is 2.16. The quantitative estimate of drug-likeness (QED) is 0.873. The third-order valence-corrected chi connectivity index (χ3v) is 2.99. The second kappa shape index (κ2) is 6.71. The Morgan fingerprint density at radius 3 is 2.82 bits per heavy atom. The van der Waals surface area contributed by atoms with E-state index in [0.717, 1.165) is 6.42 Å². The maximum absolute atomic E-state index is 12.0. The second-order valence-corrected chi connectivity index (χ2v) is 5.22. The zero-order chi connectivity index (χ0) is 12.8. The molecule has 0 aliphatic rings. The number of nitrogens with zero attached hydrogens (tertiary/aromatic N) is 1. The third-order valence-electron chi connectivity index (χ3n) is 2.35. The molecule has 0 saturated heterocycles. The Bertz CT molecular complexity index is 382. The molecular formula is C12H18BrN3O. The minimum atomic E-state index is -0.187. The zero-order valence-electron chi connectivity index (χ0n) is 10.1. The molecule has 0 saturated carbocycles. The van der Waals surface area contributed by atoms with Crippen LogP contribution in [-0.2, 0) is 0 Å². The van der Waals surface area contributed by atoms with Crippen molar-refractivity contribution in [1.82, 2.24) is 10.3 Å². The number of nitrogens with one attached hydrogen (secondary N) is 1. The van der Waals surface area contributed by atoms with Crippen molar-refractivity contribution in [3.8, 4) is 0 Å². The van der Waals surface area contributed by atoms with Crippen LogP contribution in [0.4, 0.5) is 0 Å². The molecule has 0 aliphatic carbocycles. The summed E-state index contributed by atoms with van der Waals surface area (Å²) in [4.78, 5) is 16.0. The highest BCUT2D eigenvalue weighted by Crippen LogP contribution is 2.13. The van der Waals surface area contributed by atoms with Crippen LogP contribution in [0, 0.1) is 5.92 Å². The van der Waals surface area contributed by atoms with E-state index in [9.17, 15) is 4.79 Å². The first-order valence-electron chi connectivity index (χ1n) is 5.66. The van der Waals surface area contributed by atoms with E-state index in [1.165, 1.54) is 0 Å². The van der Waals surface area contributed by atoms with Crippen LogP contribution in [-0.4, -0.2) is 23.5 Å². The highest BCUT2D eigenvalue weighted by molar-refractivity contribution is 9.10. The van der Waals surface area contributed by atoms with Gasteiger partial charge in [-0.05, 0) is 40.4 Å². The lowest BCUT2D eigenvalue weighted by Crippen LogP contribution is -2.41. The summed E-state index contributed by atoms with van der Waals surface area (Å²) in [5.41, 5.74) is 6.04. The number of amides is 1. The summed E-state index contributed by atoms with van der Waals surface area (Å²) in [6.07, 6.45) is 2.46. The van der Waals surface area contributed by atoms with Gasteiger partial charge >= 0.3 is 0 Å². The lowest BCUT2D eigenvalue weighted by molar-refractivity contribution is 0.0928. The molecule has 0 radical (unpaired) electrons. The summed E-state index contributed by atoms with van der Waals surface area (Å²) in [5.74, 6) is 0.310. The number of hydrogen-bond donors (Lipinski definition) is 2. The van der Waals surface area contributed by atoms with Crippen LogP contribution in [0.3, 0.4) is 0 Å². The average Bonchev–Trinajstić information content (AvgIpc) is 2.27.